The van der Waals surface area contributed by atoms with E-state index in [4.69, 9.17) is 5.73 Å². The van der Waals surface area contributed by atoms with Gasteiger partial charge in [-0.2, -0.15) is 0 Å². The van der Waals surface area contributed by atoms with Crippen LogP contribution in [0, 0.1) is 0 Å². The van der Waals surface area contributed by atoms with Gasteiger partial charge in [0.25, 0.3) is 6.43 Å². The highest BCUT2D eigenvalue weighted by molar-refractivity contribution is 5.84. The minimum atomic E-state index is -2.55. The van der Waals surface area contributed by atoms with E-state index in [-0.39, 0.29) is 12.5 Å². The maximum Gasteiger partial charge on any atom is 0.255 e. The van der Waals surface area contributed by atoms with Gasteiger partial charge in [0.05, 0.1) is 6.54 Å². The van der Waals surface area contributed by atoms with Crippen LogP contribution in [0.25, 0.3) is 0 Å². The van der Waals surface area contributed by atoms with Crippen LogP contribution in [0.1, 0.15) is 32.1 Å². The number of carbonyl (C=O) groups is 1. The monoisotopic (exact) mass is 262 g/mol. The number of nitrogens with one attached hydrogen (secondary N) is 2. The Hall–Kier alpha value is -1.40. The number of hydrogen-bond donors (Lipinski definition) is 3. The molecule has 0 radical (unpaired) electrons. The van der Waals surface area contributed by atoms with Crippen LogP contribution < -0.4 is 16.4 Å². The van der Waals surface area contributed by atoms with Crippen molar-refractivity contribution in [3.8, 4) is 0 Å². The molecule has 7 heteroatoms. The minimum Gasteiger partial charge on any atom is -0.370 e. The van der Waals surface area contributed by atoms with Gasteiger partial charge in [-0.15, -0.1) is 0 Å². The summed E-state index contributed by atoms with van der Waals surface area (Å²) in [5, 5.41) is 5.10. The molecule has 0 saturated heterocycles. The largest absolute Gasteiger partial charge is 0.370 e. The molecule has 104 valence electrons. The average Bonchev–Trinajstić information content (AvgIpc) is 2.35. The van der Waals surface area contributed by atoms with Crippen molar-refractivity contribution in [1.82, 2.24) is 10.6 Å². The zero-order valence-corrected chi connectivity index (χ0v) is 10.3. The lowest BCUT2D eigenvalue weighted by molar-refractivity contribution is -0.120. The molecule has 0 aromatic heterocycles. The highest BCUT2D eigenvalue weighted by atomic mass is 19.3. The first-order valence-corrected chi connectivity index (χ1v) is 6.19. The van der Waals surface area contributed by atoms with Gasteiger partial charge in [0.1, 0.15) is 6.54 Å². The second kappa shape index (κ2) is 7.84. The zero-order chi connectivity index (χ0) is 13.4. The molecule has 5 nitrogen and oxygen atoms in total. The summed E-state index contributed by atoms with van der Waals surface area (Å²) in [4.78, 5) is 14.9. The fourth-order valence-corrected chi connectivity index (χ4v) is 1.91. The minimum absolute atomic E-state index is 0.203. The van der Waals surface area contributed by atoms with E-state index >= 15 is 0 Å². The van der Waals surface area contributed by atoms with Crippen molar-refractivity contribution in [2.75, 3.05) is 13.1 Å². The fourth-order valence-electron chi connectivity index (χ4n) is 1.91. The van der Waals surface area contributed by atoms with E-state index in [9.17, 15) is 13.6 Å². The Kier molecular flexibility index (Phi) is 6.38. The number of rotatable bonds is 5. The first kappa shape index (κ1) is 14.7. The standard InChI is InChI=1S/C11H20F2N4O/c12-9(13)6-15-10(18)7-16-11(14)17-8-4-2-1-3-5-8/h8-9H,1-7H2,(H,15,18)(H3,14,16,17). The number of nitrogens with two attached hydrogens (primary N) is 1. The number of halogens is 2. The van der Waals surface area contributed by atoms with E-state index in [2.05, 4.69) is 15.6 Å². The molecule has 1 rings (SSSR count). The lowest BCUT2D eigenvalue weighted by atomic mass is 9.96. The third kappa shape index (κ3) is 6.36. The number of carbonyl (C=O) groups excluding carboxylic acids is 1. The van der Waals surface area contributed by atoms with Crippen molar-refractivity contribution in [1.29, 1.82) is 0 Å². The predicted octanol–water partition coefficient (Wildman–Crippen LogP) is 0.605. The predicted molar refractivity (Wildman–Crippen MR) is 65.5 cm³/mol. The molecule has 0 atom stereocenters. The summed E-state index contributed by atoms with van der Waals surface area (Å²) in [6, 6.07) is 0.312. The summed E-state index contributed by atoms with van der Waals surface area (Å²) in [6.45, 7) is -0.872. The number of nitrogens with zero attached hydrogens (tertiary/aromatic N) is 1. The third-order valence-electron chi connectivity index (χ3n) is 2.80. The van der Waals surface area contributed by atoms with E-state index in [0.717, 1.165) is 12.8 Å². The number of aliphatic imine (C=N–C) groups is 1. The molecule has 0 heterocycles. The van der Waals surface area contributed by atoms with Crippen LogP contribution in [0.5, 0.6) is 0 Å². The molecule has 0 aromatic carbocycles. The molecular weight excluding hydrogens is 242 g/mol. The van der Waals surface area contributed by atoms with E-state index in [0.29, 0.717) is 6.04 Å². The van der Waals surface area contributed by atoms with Crippen LogP contribution in [-0.2, 0) is 4.79 Å². The van der Waals surface area contributed by atoms with Gasteiger partial charge < -0.3 is 16.4 Å². The number of guanidine groups is 1. The van der Waals surface area contributed by atoms with Gasteiger partial charge in [-0.1, -0.05) is 19.3 Å². The van der Waals surface area contributed by atoms with Gasteiger partial charge in [0, 0.05) is 6.04 Å². The first-order valence-electron chi connectivity index (χ1n) is 6.19. The Morgan fingerprint density at radius 3 is 2.61 bits per heavy atom. The Bertz CT molecular complexity index is 291. The molecule has 1 aliphatic carbocycles. The smallest absolute Gasteiger partial charge is 0.255 e. The van der Waals surface area contributed by atoms with E-state index < -0.39 is 18.9 Å². The zero-order valence-electron chi connectivity index (χ0n) is 10.3. The van der Waals surface area contributed by atoms with Gasteiger partial charge >= 0.3 is 0 Å². The lowest BCUT2D eigenvalue weighted by Crippen LogP contribution is -2.41. The van der Waals surface area contributed by atoms with Gasteiger partial charge in [0.2, 0.25) is 5.91 Å². The molecule has 1 saturated carbocycles. The second-order valence-electron chi connectivity index (χ2n) is 4.38. The molecule has 0 unspecified atom stereocenters. The number of hydrogen-bond acceptors (Lipinski definition) is 2. The summed E-state index contributed by atoms with van der Waals surface area (Å²) < 4.78 is 23.6. The summed E-state index contributed by atoms with van der Waals surface area (Å²) >= 11 is 0. The fraction of sp³-hybridized carbons (Fsp3) is 0.818. The van der Waals surface area contributed by atoms with Crippen molar-refractivity contribution in [3.05, 3.63) is 0 Å². The maximum atomic E-state index is 11.8. The van der Waals surface area contributed by atoms with E-state index in [1.54, 1.807) is 0 Å². The third-order valence-corrected chi connectivity index (χ3v) is 2.80. The molecule has 1 aliphatic rings. The van der Waals surface area contributed by atoms with Gasteiger partial charge in [-0.05, 0) is 12.8 Å². The van der Waals surface area contributed by atoms with Crippen LogP contribution in [0.3, 0.4) is 0 Å². The van der Waals surface area contributed by atoms with Crippen LogP contribution in [-0.4, -0.2) is 37.4 Å². The van der Waals surface area contributed by atoms with Gasteiger partial charge in [-0.3, -0.25) is 4.79 Å². The van der Waals surface area contributed by atoms with Gasteiger partial charge in [-0.25, -0.2) is 13.8 Å². The van der Waals surface area contributed by atoms with Crippen LogP contribution in [0.4, 0.5) is 8.78 Å². The van der Waals surface area contributed by atoms with Crippen LogP contribution >= 0.6 is 0 Å². The Morgan fingerprint density at radius 1 is 1.33 bits per heavy atom. The van der Waals surface area contributed by atoms with Crippen LogP contribution in [0.15, 0.2) is 4.99 Å². The summed E-state index contributed by atoms with van der Waals surface area (Å²) in [5.41, 5.74) is 5.62. The Labute approximate surface area is 105 Å². The molecule has 0 spiro atoms. The molecule has 0 aliphatic heterocycles. The summed E-state index contributed by atoms with van der Waals surface area (Å²) in [6.07, 6.45) is 3.13. The van der Waals surface area contributed by atoms with Crippen molar-refractivity contribution < 1.29 is 13.6 Å². The SMILES string of the molecule is NC(=NCC(=O)NCC(F)F)NC1CCCCC1. The number of alkyl halides is 2. The topological polar surface area (TPSA) is 79.5 Å². The molecule has 0 bridgehead atoms. The van der Waals surface area contributed by atoms with Crippen molar-refractivity contribution in [3.63, 3.8) is 0 Å². The van der Waals surface area contributed by atoms with E-state index in [1.165, 1.54) is 19.3 Å². The Morgan fingerprint density at radius 2 is 2.00 bits per heavy atom. The molecule has 18 heavy (non-hydrogen) atoms. The van der Waals surface area contributed by atoms with Crippen molar-refractivity contribution in [2.24, 2.45) is 10.7 Å². The van der Waals surface area contributed by atoms with Crippen molar-refractivity contribution in [2.45, 2.75) is 44.6 Å². The molecule has 1 fully saturated rings. The van der Waals surface area contributed by atoms with E-state index in [1.807, 2.05) is 0 Å². The summed E-state index contributed by atoms with van der Waals surface area (Å²) in [7, 11) is 0. The summed E-state index contributed by atoms with van der Waals surface area (Å²) in [5.74, 6) is -0.349. The molecule has 4 N–H and O–H groups in total. The van der Waals surface area contributed by atoms with Crippen LogP contribution in [0.2, 0.25) is 0 Å². The lowest BCUT2D eigenvalue weighted by Gasteiger charge is -2.23. The first-order chi connectivity index (χ1) is 8.58. The molecular formula is C11H20F2N4O. The molecule has 1 amide bonds. The normalized spacial score (nSPS) is 17.8. The quantitative estimate of drug-likeness (QED) is 0.501. The Balaban J connectivity index is 2.21. The van der Waals surface area contributed by atoms with Gasteiger partial charge in [0.15, 0.2) is 5.96 Å². The maximum absolute atomic E-state index is 11.8. The number of amides is 1. The highest BCUT2D eigenvalue weighted by Crippen LogP contribution is 2.16. The van der Waals surface area contributed by atoms with Crippen molar-refractivity contribution >= 4 is 11.9 Å². The average molecular weight is 262 g/mol. The highest BCUT2D eigenvalue weighted by Gasteiger charge is 2.13. The molecule has 0 aromatic rings. The second-order valence-corrected chi connectivity index (χ2v) is 4.38.